The molecule has 1 aliphatic heterocycles. The minimum atomic E-state index is -0.599. The van der Waals surface area contributed by atoms with E-state index in [4.69, 9.17) is 26.4 Å². The predicted molar refractivity (Wildman–Crippen MR) is 139 cm³/mol. The van der Waals surface area contributed by atoms with Crippen LogP contribution in [0.3, 0.4) is 0 Å². The average molecular weight is 539 g/mol. The Labute approximate surface area is 220 Å². The lowest BCUT2D eigenvalue weighted by molar-refractivity contribution is -0.386. The molecule has 0 radical (unpaired) electrons. The molecule has 1 N–H and O–H groups in total. The van der Waals surface area contributed by atoms with Crippen LogP contribution in [0, 0.1) is 10.1 Å². The summed E-state index contributed by atoms with van der Waals surface area (Å²) in [4.78, 5) is 40.3. The zero-order valence-electron chi connectivity index (χ0n) is 19.4. The number of rotatable bonds is 8. The van der Waals surface area contributed by atoms with Gasteiger partial charge in [-0.15, -0.1) is 0 Å². The number of carbonyl (C=O) groups excluding carboxylic acids is 2. The van der Waals surface area contributed by atoms with E-state index in [9.17, 15) is 19.7 Å². The molecule has 1 fully saturated rings. The maximum atomic E-state index is 12.9. The van der Waals surface area contributed by atoms with Crippen LogP contribution in [0.4, 0.5) is 5.69 Å². The number of nitrogens with zero attached hydrogens (tertiary/aromatic N) is 3. The molecular formula is C24H18N4O7S2. The SMILES string of the molecule is COc1ccc(C(=O)NN2C(=O)/C(=C/c3ccc(Oc4ncccc4[N+](=O)[O-])c(OC)c3)SC2=S)cc1. The van der Waals surface area contributed by atoms with E-state index in [2.05, 4.69) is 10.4 Å². The third-order valence-corrected chi connectivity index (χ3v) is 6.30. The molecule has 2 heterocycles. The summed E-state index contributed by atoms with van der Waals surface area (Å²) in [5, 5.41) is 12.2. The predicted octanol–water partition coefficient (Wildman–Crippen LogP) is 4.35. The summed E-state index contributed by atoms with van der Waals surface area (Å²) in [6.07, 6.45) is 2.95. The van der Waals surface area contributed by atoms with E-state index in [1.165, 1.54) is 38.6 Å². The molecule has 1 aliphatic rings. The number of amides is 2. The van der Waals surface area contributed by atoms with Gasteiger partial charge in [-0.25, -0.2) is 4.98 Å². The monoisotopic (exact) mass is 538 g/mol. The lowest BCUT2D eigenvalue weighted by Crippen LogP contribution is -2.44. The Hall–Kier alpha value is -4.49. The molecule has 0 atom stereocenters. The maximum Gasteiger partial charge on any atom is 0.331 e. The van der Waals surface area contributed by atoms with Crippen molar-refractivity contribution in [2.75, 3.05) is 14.2 Å². The Balaban J connectivity index is 1.51. The zero-order valence-corrected chi connectivity index (χ0v) is 21.0. The van der Waals surface area contributed by atoms with Crippen LogP contribution in [-0.4, -0.2) is 45.3 Å². The van der Waals surface area contributed by atoms with Gasteiger partial charge in [0.1, 0.15) is 5.75 Å². The number of benzene rings is 2. The molecule has 1 saturated heterocycles. The van der Waals surface area contributed by atoms with Crippen LogP contribution in [0.15, 0.2) is 65.7 Å². The molecule has 0 saturated carbocycles. The van der Waals surface area contributed by atoms with Crippen LogP contribution in [0.25, 0.3) is 6.08 Å². The quantitative estimate of drug-likeness (QED) is 0.191. The highest BCUT2D eigenvalue weighted by Gasteiger charge is 2.34. The number of pyridine rings is 1. The van der Waals surface area contributed by atoms with Crippen LogP contribution in [0.5, 0.6) is 23.1 Å². The topological polar surface area (TPSA) is 133 Å². The highest BCUT2D eigenvalue weighted by Crippen LogP contribution is 2.37. The number of aromatic nitrogens is 1. The van der Waals surface area contributed by atoms with Gasteiger partial charge < -0.3 is 14.2 Å². The molecule has 188 valence electrons. The van der Waals surface area contributed by atoms with E-state index in [1.807, 2.05) is 0 Å². The van der Waals surface area contributed by atoms with E-state index in [0.717, 1.165) is 16.8 Å². The summed E-state index contributed by atoms with van der Waals surface area (Å²) in [5.74, 6) is -0.146. The van der Waals surface area contributed by atoms with Crippen molar-refractivity contribution in [2.45, 2.75) is 0 Å². The van der Waals surface area contributed by atoms with Crippen LogP contribution in [0.2, 0.25) is 0 Å². The number of hydrogen-bond acceptors (Lipinski definition) is 10. The first-order chi connectivity index (χ1) is 17.8. The van der Waals surface area contributed by atoms with Crippen LogP contribution in [-0.2, 0) is 4.79 Å². The van der Waals surface area contributed by atoms with E-state index in [-0.39, 0.29) is 32.3 Å². The van der Waals surface area contributed by atoms with Crippen molar-refractivity contribution >= 4 is 51.9 Å². The number of methoxy groups -OCH3 is 2. The standard InChI is InChI=1S/C24H18N4O7S2/c1-33-16-8-6-15(7-9-16)21(29)26-27-23(30)20(37-24(27)36)13-14-5-10-18(19(12-14)34-2)35-22-17(28(31)32)4-3-11-25-22/h3-13H,1-2H3,(H,26,29)/b20-13-. The molecule has 3 aromatic rings. The highest BCUT2D eigenvalue weighted by molar-refractivity contribution is 8.26. The highest BCUT2D eigenvalue weighted by atomic mass is 32.2. The summed E-state index contributed by atoms with van der Waals surface area (Å²) in [6.45, 7) is 0. The molecule has 0 aliphatic carbocycles. The Morgan fingerprint density at radius 1 is 1.14 bits per heavy atom. The molecule has 0 spiro atoms. The normalized spacial score (nSPS) is 14.0. The number of carbonyl (C=O) groups is 2. The first-order valence-electron chi connectivity index (χ1n) is 10.5. The minimum Gasteiger partial charge on any atom is -0.497 e. The third-order valence-electron chi connectivity index (χ3n) is 5.00. The smallest absolute Gasteiger partial charge is 0.331 e. The van der Waals surface area contributed by atoms with Gasteiger partial charge in [0, 0.05) is 17.8 Å². The second-order valence-corrected chi connectivity index (χ2v) is 8.96. The van der Waals surface area contributed by atoms with E-state index in [1.54, 1.807) is 42.5 Å². The summed E-state index contributed by atoms with van der Waals surface area (Å²) in [6, 6.07) is 13.9. The van der Waals surface area contributed by atoms with Crippen molar-refractivity contribution in [3.05, 3.63) is 86.9 Å². The van der Waals surface area contributed by atoms with Gasteiger partial charge in [0.2, 0.25) is 0 Å². The van der Waals surface area contributed by atoms with Gasteiger partial charge in [0.25, 0.3) is 17.7 Å². The first kappa shape index (κ1) is 25.6. The maximum absolute atomic E-state index is 12.9. The van der Waals surface area contributed by atoms with Gasteiger partial charge in [-0.05, 0) is 66.3 Å². The van der Waals surface area contributed by atoms with Crippen molar-refractivity contribution in [3.8, 4) is 23.1 Å². The fourth-order valence-electron chi connectivity index (χ4n) is 3.19. The van der Waals surface area contributed by atoms with Gasteiger partial charge in [-0.2, -0.15) is 5.01 Å². The van der Waals surface area contributed by atoms with Crippen LogP contribution >= 0.6 is 24.0 Å². The second-order valence-electron chi connectivity index (χ2n) is 7.28. The molecule has 1 aromatic heterocycles. The Morgan fingerprint density at radius 3 is 2.57 bits per heavy atom. The van der Waals surface area contributed by atoms with E-state index < -0.39 is 16.7 Å². The number of hydrogen-bond donors (Lipinski definition) is 1. The van der Waals surface area contributed by atoms with Crippen molar-refractivity contribution < 1.29 is 28.7 Å². The summed E-state index contributed by atoms with van der Waals surface area (Å²) in [7, 11) is 2.93. The Kier molecular flexibility index (Phi) is 7.65. The van der Waals surface area contributed by atoms with Crippen LogP contribution in [0.1, 0.15) is 15.9 Å². The van der Waals surface area contributed by atoms with Crippen molar-refractivity contribution in [1.82, 2.24) is 15.4 Å². The lowest BCUT2D eigenvalue weighted by Gasteiger charge is -2.15. The largest absolute Gasteiger partial charge is 0.497 e. The lowest BCUT2D eigenvalue weighted by atomic mass is 10.2. The molecule has 37 heavy (non-hydrogen) atoms. The van der Waals surface area contributed by atoms with E-state index >= 15 is 0 Å². The molecule has 0 unspecified atom stereocenters. The Morgan fingerprint density at radius 2 is 1.89 bits per heavy atom. The molecule has 2 amide bonds. The van der Waals surface area contributed by atoms with Gasteiger partial charge in [0.15, 0.2) is 15.8 Å². The van der Waals surface area contributed by atoms with Crippen molar-refractivity contribution in [1.29, 1.82) is 0 Å². The number of hydrazine groups is 1. The molecule has 13 heteroatoms. The number of ether oxygens (including phenoxy) is 3. The van der Waals surface area contributed by atoms with Gasteiger partial charge in [-0.3, -0.25) is 25.1 Å². The van der Waals surface area contributed by atoms with Crippen molar-refractivity contribution in [3.63, 3.8) is 0 Å². The van der Waals surface area contributed by atoms with Crippen molar-refractivity contribution in [2.24, 2.45) is 0 Å². The molecule has 11 nitrogen and oxygen atoms in total. The minimum absolute atomic E-state index is 0.160. The van der Waals surface area contributed by atoms with E-state index in [0.29, 0.717) is 16.9 Å². The number of nitrogens with one attached hydrogen (secondary N) is 1. The number of thioether (sulfide) groups is 1. The van der Waals surface area contributed by atoms with Gasteiger partial charge in [-0.1, -0.05) is 17.8 Å². The first-order valence-corrected chi connectivity index (χ1v) is 11.7. The van der Waals surface area contributed by atoms with Crippen LogP contribution < -0.4 is 19.6 Å². The molecule has 4 rings (SSSR count). The summed E-state index contributed by atoms with van der Waals surface area (Å²) < 4.78 is 16.2. The molecular weight excluding hydrogens is 520 g/mol. The third kappa shape index (κ3) is 5.68. The number of nitro groups is 1. The van der Waals surface area contributed by atoms with Gasteiger partial charge in [0.05, 0.1) is 24.0 Å². The fourth-order valence-corrected chi connectivity index (χ4v) is 4.37. The zero-order chi connectivity index (χ0) is 26.5. The average Bonchev–Trinajstić information content (AvgIpc) is 3.16. The second kappa shape index (κ2) is 11.1. The van der Waals surface area contributed by atoms with Gasteiger partial charge >= 0.3 is 5.69 Å². The summed E-state index contributed by atoms with van der Waals surface area (Å²) in [5.41, 5.74) is 3.12. The summed E-state index contributed by atoms with van der Waals surface area (Å²) >= 11 is 6.30. The number of thiocarbonyl (C=S) groups is 1. The fraction of sp³-hybridized carbons (Fsp3) is 0.0833. The molecule has 2 aromatic carbocycles. The Bertz CT molecular complexity index is 1430. The molecule has 0 bridgehead atoms.